The van der Waals surface area contributed by atoms with Crippen LogP contribution in [0.1, 0.15) is 16.0 Å². The van der Waals surface area contributed by atoms with E-state index in [1.807, 2.05) is 18.2 Å². The summed E-state index contributed by atoms with van der Waals surface area (Å²) in [6, 6.07) is 8.13. The summed E-state index contributed by atoms with van der Waals surface area (Å²) in [6.07, 6.45) is 0. The first kappa shape index (κ1) is 13.1. The van der Waals surface area contributed by atoms with Crippen molar-refractivity contribution >= 4 is 38.9 Å². The number of hydrogen-bond acceptors (Lipinski definition) is 2. The predicted molar refractivity (Wildman–Crippen MR) is 78.8 cm³/mol. The third-order valence-corrected chi connectivity index (χ3v) is 4.45. The van der Waals surface area contributed by atoms with E-state index in [1.165, 1.54) is 10.4 Å². The number of halogens is 2. The zero-order chi connectivity index (χ0) is 12.3. The molecule has 0 aliphatic carbocycles. The molecule has 0 aliphatic rings. The summed E-state index contributed by atoms with van der Waals surface area (Å²) >= 11 is 11.3. The summed E-state index contributed by atoms with van der Waals surface area (Å²) in [5, 5.41) is 6.34. The van der Waals surface area contributed by atoms with Crippen LogP contribution >= 0.6 is 38.9 Å². The highest BCUT2D eigenvalue weighted by atomic mass is 79.9. The minimum Gasteiger partial charge on any atom is -0.308 e. The summed E-state index contributed by atoms with van der Waals surface area (Å²) in [4.78, 5) is 1.39. The highest BCUT2D eigenvalue weighted by molar-refractivity contribution is 9.10. The maximum absolute atomic E-state index is 6.15. The maximum atomic E-state index is 6.15. The van der Waals surface area contributed by atoms with E-state index >= 15 is 0 Å². The molecule has 0 amide bonds. The van der Waals surface area contributed by atoms with Gasteiger partial charge in [-0.3, -0.25) is 0 Å². The van der Waals surface area contributed by atoms with Crippen LogP contribution in [0.25, 0.3) is 0 Å². The molecule has 4 heteroatoms. The van der Waals surface area contributed by atoms with Gasteiger partial charge in [0.1, 0.15) is 0 Å². The number of rotatable bonds is 4. The van der Waals surface area contributed by atoms with Crippen molar-refractivity contribution in [1.82, 2.24) is 5.32 Å². The average molecular weight is 331 g/mol. The Labute approximate surface area is 119 Å². The number of thiophene rings is 1. The van der Waals surface area contributed by atoms with E-state index < -0.39 is 0 Å². The van der Waals surface area contributed by atoms with E-state index in [-0.39, 0.29) is 0 Å². The van der Waals surface area contributed by atoms with Crippen molar-refractivity contribution in [3.8, 4) is 0 Å². The molecule has 1 aromatic carbocycles. The van der Waals surface area contributed by atoms with Gasteiger partial charge in [-0.05, 0) is 41.6 Å². The fourth-order valence-corrected chi connectivity index (χ4v) is 3.18. The third-order valence-electron chi connectivity index (χ3n) is 2.58. The Morgan fingerprint density at radius 3 is 2.76 bits per heavy atom. The summed E-state index contributed by atoms with van der Waals surface area (Å²) in [5.74, 6) is 0. The summed E-state index contributed by atoms with van der Waals surface area (Å²) in [6.45, 7) is 3.83. The summed E-state index contributed by atoms with van der Waals surface area (Å²) in [5.41, 5.74) is 2.48. The van der Waals surface area contributed by atoms with Crippen molar-refractivity contribution in [3.63, 3.8) is 0 Å². The number of nitrogens with one attached hydrogen (secondary N) is 1. The Morgan fingerprint density at radius 2 is 2.12 bits per heavy atom. The van der Waals surface area contributed by atoms with E-state index in [9.17, 15) is 0 Å². The Balaban J connectivity index is 1.92. The van der Waals surface area contributed by atoms with Gasteiger partial charge in [-0.25, -0.2) is 0 Å². The molecule has 2 aromatic rings. The zero-order valence-electron chi connectivity index (χ0n) is 9.47. The van der Waals surface area contributed by atoms with Crippen molar-refractivity contribution in [2.24, 2.45) is 0 Å². The van der Waals surface area contributed by atoms with Crippen molar-refractivity contribution < 1.29 is 0 Å². The normalized spacial score (nSPS) is 10.8. The lowest BCUT2D eigenvalue weighted by Gasteiger charge is -2.06. The first-order valence-corrected chi connectivity index (χ1v) is 7.39. The minimum absolute atomic E-state index is 0.795. The van der Waals surface area contributed by atoms with Gasteiger partial charge in [0.25, 0.3) is 0 Å². The molecule has 90 valence electrons. The molecule has 0 unspecified atom stereocenters. The second-order valence-corrected chi connectivity index (χ2v) is 6.19. The van der Waals surface area contributed by atoms with Crippen LogP contribution in [-0.4, -0.2) is 0 Å². The molecular weight excluding hydrogens is 318 g/mol. The molecule has 0 spiro atoms. The molecule has 0 bridgehead atoms. The second-order valence-electron chi connectivity index (χ2n) is 3.87. The molecule has 1 heterocycles. The average Bonchev–Trinajstić information content (AvgIpc) is 2.68. The van der Waals surface area contributed by atoms with E-state index in [1.54, 1.807) is 11.3 Å². The fraction of sp³-hybridized carbons (Fsp3) is 0.231. The van der Waals surface area contributed by atoms with Crippen LogP contribution in [0.2, 0.25) is 5.02 Å². The van der Waals surface area contributed by atoms with E-state index in [4.69, 9.17) is 11.6 Å². The van der Waals surface area contributed by atoms with Crippen molar-refractivity contribution in [2.75, 3.05) is 0 Å². The van der Waals surface area contributed by atoms with Gasteiger partial charge in [0, 0.05) is 27.5 Å². The number of benzene rings is 1. The number of hydrogen-bond donors (Lipinski definition) is 1. The SMILES string of the molecule is Cc1ccsc1CNCc1ccc(Br)cc1Cl. The van der Waals surface area contributed by atoms with Gasteiger partial charge >= 0.3 is 0 Å². The minimum atomic E-state index is 0.795. The summed E-state index contributed by atoms with van der Waals surface area (Å²) < 4.78 is 1.01. The second kappa shape index (κ2) is 6.01. The Kier molecular flexibility index (Phi) is 4.62. The molecule has 1 aromatic heterocycles. The van der Waals surface area contributed by atoms with Crippen LogP contribution in [0.15, 0.2) is 34.1 Å². The molecule has 0 saturated carbocycles. The Bertz CT molecular complexity index is 510. The lowest BCUT2D eigenvalue weighted by atomic mass is 10.2. The maximum Gasteiger partial charge on any atom is 0.0462 e. The molecular formula is C13H13BrClNS. The van der Waals surface area contributed by atoms with Gasteiger partial charge in [0.05, 0.1) is 0 Å². The van der Waals surface area contributed by atoms with Gasteiger partial charge in [0.15, 0.2) is 0 Å². The van der Waals surface area contributed by atoms with Crippen LogP contribution in [0.4, 0.5) is 0 Å². The molecule has 0 fully saturated rings. The molecule has 17 heavy (non-hydrogen) atoms. The van der Waals surface area contributed by atoms with Crippen LogP contribution in [0.3, 0.4) is 0 Å². The largest absolute Gasteiger partial charge is 0.308 e. The van der Waals surface area contributed by atoms with E-state index in [2.05, 4.69) is 39.6 Å². The molecule has 0 radical (unpaired) electrons. The lowest BCUT2D eigenvalue weighted by Crippen LogP contribution is -2.12. The van der Waals surface area contributed by atoms with Gasteiger partial charge < -0.3 is 5.32 Å². The summed E-state index contributed by atoms with van der Waals surface area (Å²) in [7, 11) is 0. The van der Waals surface area contributed by atoms with Crippen LogP contribution in [-0.2, 0) is 13.1 Å². The lowest BCUT2D eigenvalue weighted by molar-refractivity contribution is 0.699. The van der Waals surface area contributed by atoms with Crippen LogP contribution in [0.5, 0.6) is 0 Å². The quantitative estimate of drug-likeness (QED) is 0.852. The highest BCUT2D eigenvalue weighted by Gasteiger charge is 2.02. The number of aryl methyl sites for hydroxylation is 1. The highest BCUT2D eigenvalue weighted by Crippen LogP contribution is 2.21. The van der Waals surface area contributed by atoms with Crippen molar-refractivity contribution in [1.29, 1.82) is 0 Å². The van der Waals surface area contributed by atoms with Crippen molar-refractivity contribution in [2.45, 2.75) is 20.0 Å². The smallest absolute Gasteiger partial charge is 0.0462 e. The predicted octanol–water partition coefficient (Wildman–Crippen LogP) is 4.76. The topological polar surface area (TPSA) is 12.0 Å². The first-order chi connectivity index (χ1) is 8.16. The Morgan fingerprint density at radius 1 is 1.29 bits per heavy atom. The van der Waals surface area contributed by atoms with Gasteiger partial charge in [-0.2, -0.15) is 0 Å². The molecule has 1 nitrogen and oxygen atoms in total. The zero-order valence-corrected chi connectivity index (χ0v) is 12.6. The van der Waals surface area contributed by atoms with Crippen LogP contribution < -0.4 is 5.32 Å². The fourth-order valence-electron chi connectivity index (χ4n) is 1.56. The van der Waals surface area contributed by atoms with Gasteiger partial charge in [-0.1, -0.05) is 33.6 Å². The van der Waals surface area contributed by atoms with Crippen LogP contribution in [0, 0.1) is 6.92 Å². The van der Waals surface area contributed by atoms with E-state index in [0.717, 1.165) is 28.1 Å². The monoisotopic (exact) mass is 329 g/mol. The molecule has 0 aliphatic heterocycles. The van der Waals surface area contributed by atoms with Crippen molar-refractivity contribution in [3.05, 3.63) is 55.1 Å². The third kappa shape index (κ3) is 3.55. The van der Waals surface area contributed by atoms with E-state index in [0.29, 0.717) is 0 Å². The van der Waals surface area contributed by atoms with Gasteiger partial charge in [0.2, 0.25) is 0 Å². The molecule has 1 N–H and O–H groups in total. The van der Waals surface area contributed by atoms with Gasteiger partial charge in [-0.15, -0.1) is 11.3 Å². The standard InChI is InChI=1S/C13H13BrClNS/c1-9-4-5-17-13(9)8-16-7-10-2-3-11(14)6-12(10)15/h2-6,16H,7-8H2,1H3. The first-order valence-electron chi connectivity index (χ1n) is 5.34. The Hall–Kier alpha value is -0.350. The molecule has 0 saturated heterocycles. The molecule has 2 rings (SSSR count). The molecule has 0 atom stereocenters.